The van der Waals surface area contributed by atoms with Crippen molar-refractivity contribution in [1.29, 1.82) is 0 Å². The van der Waals surface area contributed by atoms with Gasteiger partial charge < -0.3 is 10.6 Å². The highest BCUT2D eigenvalue weighted by molar-refractivity contribution is 5.85. The molecule has 0 spiro atoms. The zero-order chi connectivity index (χ0) is 15.1. The van der Waals surface area contributed by atoms with Gasteiger partial charge in [0.25, 0.3) is 0 Å². The van der Waals surface area contributed by atoms with Gasteiger partial charge in [0.2, 0.25) is 5.91 Å². The zero-order valence-electron chi connectivity index (χ0n) is 13.0. The largest absolute Gasteiger partial charge is 0.354 e. The van der Waals surface area contributed by atoms with Gasteiger partial charge in [0.1, 0.15) is 0 Å². The van der Waals surface area contributed by atoms with Gasteiger partial charge in [-0.15, -0.1) is 12.4 Å². The van der Waals surface area contributed by atoms with Crippen molar-refractivity contribution in [2.24, 2.45) is 0 Å². The van der Waals surface area contributed by atoms with Crippen molar-refractivity contribution in [3.05, 3.63) is 48.3 Å². The van der Waals surface area contributed by atoms with E-state index in [2.05, 4.69) is 29.6 Å². The molecule has 0 fully saturated rings. The molecule has 0 radical (unpaired) electrons. The molecule has 5 nitrogen and oxygen atoms in total. The Balaban J connectivity index is 0.00000242. The van der Waals surface area contributed by atoms with E-state index in [9.17, 15) is 4.79 Å². The first kappa shape index (κ1) is 18.2. The van der Waals surface area contributed by atoms with E-state index >= 15 is 0 Å². The van der Waals surface area contributed by atoms with E-state index in [1.54, 1.807) is 10.9 Å². The fourth-order valence-corrected chi connectivity index (χ4v) is 2.12. The van der Waals surface area contributed by atoms with Crippen LogP contribution in [0.5, 0.6) is 0 Å². The third-order valence-electron chi connectivity index (χ3n) is 3.23. The molecule has 6 heteroatoms. The van der Waals surface area contributed by atoms with Gasteiger partial charge >= 0.3 is 0 Å². The number of rotatable bonds is 7. The highest BCUT2D eigenvalue weighted by Crippen LogP contribution is 2.09. The number of carbonyl (C=O) groups excluding carboxylic acids is 1. The van der Waals surface area contributed by atoms with Crippen LogP contribution in [0.1, 0.15) is 19.4 Å². The molecule has 2 aromatic rings. The van der Waals surface area contributed by atoms with E-state index < -0.39 is 0 Å². The van der Waals surface area contributed by atoms with Gasteiger partial charge in [0, 0.05) is 25.0 Å². The molecule has 2 rings (SSSR count). The van der Waals surface area contributed by atoms with Crippen molar-refractivity contribution in [3.8, 4) is 5.69 Å². The van der Waals surface area contributed by atoms with Gasteiger partial charge in [-0.2, -0.15) is 5.10 Å². The van der Waals surface area contributed by atoms with Crippen LogP contribution >= 0.6 is 12.4 Å². The molecule has 0 bridgehead atoms. The molecular weight excluding hydrogens is 300 g/mol. The smallest absolute Gasteiger partial charge is 0.224 e. The molecule has 1 aromatic carbocycles. The summed E-state index contributed by atoms with van der Waals surface area (Å²) in [4.78, 5) is 11.9. The Hall–Kier alpha value is -1.85. The average Bonchev–Trinajstić information content (AvgIpc) is 3.00. The number of amides is 1. The van der Waals surface area contributed by atoms with Gasteiger partial charge in [-0.25, -0.2) is 4.68 Å². The summed E-state index contributed by atoms with van der Waals surface area (Å²) in [5.74, 6) is 0.0478. The minimum Gasteiger partial charge on any atom is -0.354 e. The molecular formula is C16H23ClN4O. The van der Waals surface area contributed by atoms with Gasteiger partial charge in [-0.1, -0.05) is 19.1 Å². The summed E-state index contributed by atoms with van der Waals surface area (Å²) >= 11 is 0. The van der Waals surface area contributed by atoms with Crippen molar-refractivity contribution in [3.63, 3.8) is 0 Å². The first-order valence-electron chi connectivity index (χ1n) is 7.28. The predicted octanol–water partition coefficient (Wildman–Crippen LogP) is 1.95. The summed E-state index contributed by atoms with van der Waals surface area (Å²) in [6, 6.07) is 10.0. The Morgan fingerprint density at radius 2 is 2.05 bits per heavy atom. The standard InChI is InChI=1S/C16H22N4O.ClH/c1-3-17-13(2)12-18-16(21)11-14-5-7-15(8-6-14)20-10-4-9-19-20;/h4-10,13,17H,3,11-12H2,1-2H3,(H,18,21);1H/t13-;/m1./s1. The van der Waals surface area contributed by atoms with Gasteiger partial charge in [0.05, 0.1) is 12.1 Å². The quantitative estimate of drug-likeness (QED) is 0.819. The maximum Gasteiger partial charge on any atom is 0.224 e. The monoisotopic (exact) mass is 322 g/mol. The molecule has 1 aromatic heterocycles. The van der Waals surface area contributed by atoms with Crippen LogP contribution in [0.2, 0.25) is 0 Å². The lowest BCUT2D eigenvalue weighted by Crippen LogP contribution is -2.39. The first-order chi connectivity index (χ1) is 10.2. The summed E-state index contributed by atoms with van der Waals surface area (Å²) in [5, 5.41) is 10.4. The van der Waals surface area contributed by atoms with Crippen molar-refractivity contribution < 1.29 is 4.79 Å². The van der Waals surface area contributed by atoms with Crippen LogP contribution in [0.25, 0.3) is 5.69 Å². The van der Waals surface area contributed by atoms with E-state index in [1.807, 2.05) is 36.5 Å². The third kappa shape index (κ3) is 5.50. The van der Waals surface area contributed by atoms with E-state index in [0.29, 0.717) is 19.0 Å². The Morgan fingerprint density at radius 1 is 1.32 bits per heavy atom. The lowest BCUT2D eigenvalue weighted by atomic mass is 10.1. The SMILES string of the molecule is CCN[C@H](C)CNC(=O)Cc1ccc(-n2cccn2)cc1.Cl. The maximum absolute atomic E-state index is 11.9. The lowest BCUT2D eigenvalue weighted by molar-refractivity contribution is -0.120. The van der Waals surface area contributed by atoms with Crippen LogP contribution in [-0.2, 0) is 11.2 Å². The van der Waals surface area contributed by atoms with E-state index in [4.69, 9.17) is 0 Å². The number of hydrogen-bond donors (Lipinski definition) is 2. The molecule has 0 aliphatic rings. The summed E-state index contributed by atoms with van der Waals surface area (Å²) in [7, 11) is 0. The van der Waals surface area contributed by atoms with Gasteiger partial charge in [0.15, 0.2) is 0 Å². The number of nitrogens with zero attached hydrogens (tertiary/aromatic N) is 2. The zero-order valence-corrected chi connectivity index (χ0v) is 13.8. The molecule has 0 saturated carbocycles. The third-order valence-corrected chi connectivity index (χ3v) is 3.23. The fourth-order valence-electron chi connectivity index (χ4n) is 2.12. The van der Waals surface area contributed by atoms with E-state index in [0.717, 1.165) is 17.8 Å². The second kappa shape index (κ2) is 9.23. The van der Waals surface area contributed by atoms with Gasteiger partial charge in [-0.05, 0) is 37.2 Å². The van der Waals surface area contributed by atoms with Gasteiger partial charge in [-0.3, -0.25) is 4.79 Å². The van der Waals surface area contributed by atoms with Crippen LogP contribution in [0.15, 0.2) is 42.7 Å². The van der Waals surface area contributed by atoms with Crippen molar-refractivity contribution in [1.82, 2.24) is 20.4 Å². The number of nitrogens with one attached hydrogen (secondary N) is 2. The van der Waals surface area contributed by atoms with Crippen LogP contribution in [0.3, 0.4) is 0 Å². The summed E-state index contributed by atoms with van der Waals surface area (Å²) in [6.45, 7) is 5.67. The van der Waals surface area contributed by atoms with Crippen LogP contribution in [0.4, 0.5) is 0 Å². The van der Waals surface area contributed by atoms with Crippen molar-refractivity contribution in [2.45, 2.75) is 26.3 Å². The predicted molar refractivity (Wildman–Crippen MR) is 90.7 cm³/mol. The second-order valence-electron chi connectivity index (χ2n) is 5.06. The summed E-state index contributed by atoms with van der Waals surface area (Å²) in [5.41, 5.74) is 1.99. The van der Waals surface area contributed by atoms with Crippen molar-refractivity contribution >= 4 is 18.3 Å². The minimum atomic E-state index is 0. The number of benzene rings is 1. The minimum absolute atomic E-state index is 0. The summed E-state index contributed by atoms with van der Waals surface area (Å²) < 4.78 is 1.79. The molecule has 2 N–H and O–H groups in total. The number of carbonyl (C=O) groups is 1. The van der Waals surface area contributed by atoms with Crippen LogP contribution in [-0.4, -0.2) is 34.8 Å². The number of aromatic nitrogens is 2. The highest BCUT2D eigenvalue weighted by atomic mass is 35.5. The fraction of sp³-hybridized carbons (Fsp3) is 0.375. The molecule has 1 heterocycles. The molecule has 1 atom stereocenters. The lowest BCUT2D eigenvalue weighted by Gasteiger charge is -2.13. The second-order valence-corrected chi connectivity index (χ2v) is 5.06. The van der Waals surface area contributed by atoms with E-state index in [-0.39, 0.29) is 18.3 Å². The van der Waals surface area contributed by atoms with Crippen LogP contribution in [0, 0.1) is 0 Å². The Labute approximate surface area is 137 Å². The Kier molecular flexibility index (Phi) is 7.63. The Bertz CT molecular complexity index is 554. The molecule has 1 amide bonds. The van der Waals surface area contributed by atoms with Crippen LogP contribution < -0.4 is 10.6 Å². The number of likely N-dealkylation sites (N-methyl/N-ethyl adjacent to an activating group) is 1. The van der Waals surface area contributed by atoms with E-state index in [1.165, 1.54) is 0 Å². The normalized spacial score (nSPS) is 11.5. The molecule has 120 valence electrons. The molecule has 0 aliphatic carbocycles. The number of halogens is 1. The molecule has 0 aliphatic heterocycles. The number of hydrogen-bond acceptors (Lipinski definition) is 3. The molecule has 22 heavy (non-hydrogen) atoms. The molecule has 0 unspecified atom stereocenters. The molecule has 0 saturated heterocycles. The van der Waals surface area contributed by atoms with Crippen molar-refractivity contribution in [2.75, 3.05) is 13.1 Å². The highest BCUT2D eigenvalue weighted by Gasteiger charge is 2.06. The maximum atomic E-state index is 11.9. The Morgan fingerprint density at radius 3 is 2.64 bits per heavy atom. The first-order valence-corrected chi connectivity index (χ1v) is 7.28. The summed E-state index contributed by atoms with van der Waals surface area (Å²) in [6.07, 6.45) is 4.04. The average molecular weight is 323 g/mol. The topological polar surface area (TPSA) is 58.9 Å².